The van der Waals surface area contributed by atoms with Crippen LogP contribution in [0, 0.1) is 6.92 Å². The summed E-state index contributed by atoms with van der Waals surface area (Å²) in [7, 11) is 0. The van der Waals surface area contributed by atoms with Crippen LogP contribution in [-0.2, 0) is 4.79 Å². The second-order valence-corrected chi connectivity index (χ2v) is 8.69. The standard InChI is InChI=1S/C26H38O6/c1-3-4-5-6-7-8-9-10-11-12-13-16-19-26(29,30)25(28)32-24-20(2)23(27)21-17-14-15-18-22(21)31-24/h14-15,17-18,29-30H,3-13,16,19H2,1-2H3. The van der Waals surface area contributed by atoms with Crippen LogP contribution >= 0.6 is 0 Å². The third-order valence-electron chi connectivity index (χ3n) is 5.87. The van der Waals surface area contributed by atoms with Crippen molar-refractivity contribution >= 4 is 16.9 Å². The maximum atomic E-state index is 12.4. The summed E-state index contributed by atoms with van der Waals surface area (Å²) in [6.07, 6.45) is 13.6. The van der Waals surface area contributed by atoms with Gasteiger partial charge in [-0.25, -0.2) is 4.79 Å². The Morgan fingerprint density at radius 2 is 1.44 bits per heavy atom. The highest BCUT2D eigenvalue weighted by Crippen LogP contribution is 2.24. The molecule has 1 heterocycles. The maximum absolute atomic E-state index is 12.4. The quantitative estimate of drug-likeness (QED) is 0.204. The van der Waals surface area contributed by atoms with Gasteiger partial charge in [-0.05, 0) is 25.5 Å². The van der Waals surface area contributed by atoms with Gasteiger partial charge in [-0.3, -0.25) is 4.79 Å². The number of rotatable bonds is 15. The molecule has 0 radical (unpaired) electrons. The number of aliphatic hydroxyl groups is 2. The van der Waals surface area contributed by atoms with Crippen molar-refractivity contribution in [2.45, 2.75) is 103 Å². The topological polar surface area (TPSA) is 97.0 Å². The minimum absolute atomic E-state index is 0.109. The highest BCUT2D eigenvalue weighted by molar-refractivity contribution is 5.81. The summed E-state index contributed by atoms with van der Waals surface area (Å²) < 4.78 is 10.5. The molecule has 0 saturated heterocycles. The van der Waals surface area contributed by atoms with E-state index in [1.165, 1.54) is 58.3 Å². The molecule has 0 atom stereocenters. The van der Waals surface area contributed by atoms with E-state index in [-0.39, 0.29) is 28.9 Å². The molecule has 6 heteroatoms. The fourth-order valence-electron chi connectivity index (χ4n) is 3.79. The summed E-state index contributed by atoms with van der Waals surface area (Å²) >= 11 is 0. The Bertz CT molecular complexity index is 899. The lowest BCUT2D eigenvalue weighted by Gasteiger charge is -2.19. The fourth-order valence-corrected chi connectivity index (χ4v) is 3.79. The molecule has 1 aromatic heterocycles. The van der Waals surface area contributed by atoms with Crippen molar-refractivity contribution in [2.75, 3.05) is 0 Å². The number of esters is 1. The Balaban J connectivity index is 1.69. The second-order valence-electron chi connectivity index (χ2n) is 8.69. The molecule has 6 nitrogen and oxygen atoms in total. The van der Waals surface area contributed by atoms with E-state index < -0.39 is 11.8 Å². The molecule has 2 N–H and O–H groups in total. The van der Waals surface area contributed by atoms with E-state index in [1.54, 1.807) is 24.3 Å². The number of carbonyl (C=O) groups excluding carboxylic acids is 1. The lowest BCUT2D eigenvalue weighted by Crippen LogP contribution is -2.41. The first-order valence-electron chi connectivity index (χ1n) is 12.1. The van der Waals surface area contributed by atoms with E-state index >= 15 is 0 Å². The monoisotopic (exact) mass is 446 g/mol. The molecule has 2 aromatic rings. The summed E-state index contributed by atoms with van der Waals surface area (Å²) in [5, 5.41) is 20.7. The molecular formula is C26H38O6. The Kier molecular flexibility index (Phi) is 10.9. The molecule has 0 unspecified atom stereocenters. The van der Waals surface area contributed by atoms with Crippen LogP contribution in [0.1, 0.15) is 96.0 Å². The van der Waals surface area contributed by atoms with Crippen molar-refractivity contribution in [2.24, 2.45) is 0 Å². The summed E-state index contributed by atoms with van der Waals surface area (Å²) in [6, 6.07) is 6.62. The molecular weight excluding hydrogens is 408 g/mol. The minimum Gasteiger partial charge on any atom is -0.425 e. The van der Waals surface area contributed by atoms with Crippen molar-refractivity contribution in [3.63, 3.8) is 0 Å². The number of fused-ring (bicyclic) bond motifs is 1. The molecule has 1 aromatic carbocycles. The van der Waals surface area contributed by atoms with Crippen LogP contribution in [0.4, 0.5) is 0 Å². The molecule has 32 heavy (non-hydrogen) atoms. The van der Waals surface area contributed by atoms with Crippen LogP contribution in [0.25, 0.3) is 11.0 Å². The van der Waals surface area contributed by atoms with Gasteiger partial charge in [0.2, 0.25) is 0 Å². The number of unbranched alkanes of at least 4 members (excludes halogenated alkanes) is 11. The molecule has 0 saturated carbocycles. The van der Waals surface area contributed by atoms with Crippen molar-refractivity contribution in [3.8, 4) is 5.95 Å². The largest absolute Gasteiger partial charge is 0.425 e. The molecule has 0 aliphatic heterocycles. The number of ether oxygens (including phenoxy) is 1. The lowest BCUT2D eigenvalue weighted by atomic mass is 10.0. The molecule has 0 amide bonds. The van der Waals surface area contributed by atoms with Gasteiger partial charge in [-0.15, -0.1) is 0 Å². The van der Waals surface area contributed by atoms with Gasteiger partial charge in [0.1, 0.15) is 5.58 Å². The van der Waals surface area contributed by atoms with Crippen LogP contribution in [0.5, 0.6) is 5.95 Å². The molecule has 0 spiro atoms. The van der Waals surface area contributed by atoms with Gasteiger partial charge < -0.3 is 19.4 Å². The average molecular weight is 447 g/mol. The van der Waals surface area contributed by atoms with E-state index in [0.29, 0.717) is 11.8 Å². The number of hydrogen-bond donors (Lipinski definition) is 2. The SMILES string of the molecule is CCCCCCCCCCCCCCC(O)(O)C(=O)Oc1oc2ccccc2c(=O)c1C. The van der Waals surface area contributed by atoms with Gasteiger partial charge in [-0.1, -0.05) is 89.7 Å². The van der Waals surface area contributed by atoms with Crippen LogP contribution in [-0.4, -0.2) is 22.0 Å². The number of benzene rings is 1. The van der Waals surface area contributed by atoms with Gasteiger partial charge >= 0.3 is 5.97 Å². The lowest BCUT2D eigenvalue weighted by molar-refractivity contribution is -0.203. The maximum Gasteiger partial charge on any atom is 0.374 e. The summed E-state index contributed by atoms with van der Waals surface area (Å²) in [5.41, 5.74) is 0.0589. The Morgan fingerprint density at radius 1 is 0.906 bits per heavy atom. The predicted molar refractivity (Wildman–Crippen MR) is 126 cm³/mol. The zero-order valence-electron chi connectivity index (χ0n) is 19.5. The number of para-hydroxylation sites is 1. The predicted octanol–water partition coefficient (Wildman–Crippen LogP) is 5.78. The van der Waals surface area contributed by atoms with Gasteiger partial charge in [0.05, 0.1) is 10.9 Å². The third kappa shape index (κ3) is 8.06. The first kappa shape index (κ1) is 26.1. The van der Waals surface area contributed by atoms with E-state index in [4.69, 9.17) is 9.15 Å². The summed E-state index contributed by atoms with van der Waals surface area (Å²) in [5.74, 6) is -4.15. The third-order valence-corrected chi connectivity index (χ3v) is 5.87. The first-order chi connectivity index (χ1) is 15.4. The zero-order valence-corrected chi connectivity index (χ0v) is 19.5. The normalized spacial score (nSPS) is 11.8. The van der Waals surface area contributed by atoms with Gasteiger partial charge in [0.25, 0.3) is 11.7 Å². The molecule has 0 aliphatic rings. The van der Waals surface area contributed by atoms with E-state index in [2.05, 4.69) is 6.92 Å². The van der Waals surface area contributed by atoms with Crippen LogP contribution < -0.4 is 10.2 Å². The second kappa shape index (κ2) is 13.4. The Hall–Kier alpha value is -2.18. The molecule has 2 rings (SSSR count). The van der Waals surface area contributed by atoms with Gasteiger partial charge in [-0.2, -0.15) is 0 Å². The highest BCUT2D eigenvalue weighted by Gasteiger charge is 2.36. The molecule has 0 aliphatic carbocycles. The molecule has 178 valence electrons. The van der Waals surface area contributed by atoms with E-state index in [0.717, 1.165) is 19.3 Å². The number of hydrogen-bond acceptors (Lipinski definition) is 6. The Labute approximate surface area is 190 Å². The fraction of sp³-hybridized carbons (Fsp3) is 0.615. The van der Waals surface area contributed by atoms with Crippen molar-refractivity contribution in [1.29, 1.82) is 0 Å². The van der Waals surface area contributed by atoms with E-state index in [9.17, 15) is 19.8 Å². The highest BCUT2D eigenvalue weighted by atomic mass is 16.6. The van der Waals surface area contributed by atoms with Crippen LogP contribution in [0.3, 0.4) is 0 Å². The summed E-state index contributed by atoms with van der Waals surface area (Å²) in [6.45, 7) is 3.70. The van der Waals surface area contributed by atoms with Crippen molar-refractivity contribution in [3.05, 3.63) is 40.1 Å². The van der Waals surface area contributed by atoms with Crippen LogP contribution in [0.15, 0.2) is 33.5 Å². The smallest absolute Gasteiger partial charge is 0.374 e. The van der Waals surface area contributed by atoms with Crippen molar-refractivity contribution in [1.82, 2.24) is 0 Å². The van der Waals surface area contributed by atoms with Gasteiger partial charge in [0, 0.05) is 6.42 Å². The Morgan fingerprint density at radius 3 is 2.03 bits per heavy atom. The average Bonchev–Trinajstić information content (AvgIpc) is 2.78. The van der Waals surface area contributed by atoms with Crippen molar-refractivity contribution < 1.29 is 24.2 Å². The minimum atomic E-state index is -2.62. The molecule has 0 bridgehead atoms. The summed E-state index contributed by atoms with van der Waals surface area (Å²) in [4.78, 5) is 24.7. The van der Waals surface area contributed by atoms with Crippen LogP contribution in [0.2, 0.25) is 0 Å². The first-order valence-corrected chi connectivity index (χ1v) is 12.1. The zero-order chi connectivity index (χ0) is 23.4. The molecule has 0 fully saturated rings. The van der Waals surface area contributed by atoms with E-state index in [1.807, 2.05) is 0 Å². The van der Waals surface area contributed by atoms with Gasteiger partial charge in [0.15, 0.2) is 5.43 Å². The number of carbonyl (C=O) groups is 1.